The maximum absolute atomic E-state index is 13.5. The molecule has 51 heavy (non-hydrogen) atoms. The third-order valence-electron chi connectivity index (χ3n) is 8.05. The summed E-state index contributed by atoms with van der Waals surface area (Å²) < 4.78 is 0. The summed E-state index contributed by atoms with van der Waals surface area (Å²) in [6, 6.07) is 21.8. The molecule has 0 unspecified atom stereocenters. The number of thiophene rings is 1. The van der Waals surface area contributed by atoms with E-state index in [4.69, 9.17) is 10.2 Å². The second-order valence-electron chi connectivity index (χ2n) is 11.8. The van der Waals surface area contributed by atoms with Crippen LogP contribution in [0.2, 0.25) is 0 Å². The zero-order chi connectivity index (χ0) is 36.0. The molecule has 0 atom stereocenters. The molecule has 0 saturated carbocycles. The SMILES string of the molecule is [CH2-]CNC(=O)CCCC(=O)O.[CH2-]c1cccc(C(=O)Nc2sc3c(c2C(=O)Nc2ccc(CCc4ccc(C(=O)O)cc4)cc2)CCCC3)c1.[Na+]. The van der Waals surface area contributed by atoms with Crippen LogP contribution in [0, 0.1) is 13.8 Å². The number of aliphatic carboxylic acids is 1. The first-order valence-corrected chi connectivity index (χ1v) is 17.2. The zero-order valence-electron chi connectivity index (χ0n) is 28.8. The number of carbonyl (C=O) groups excluding carboxylic acids is 3. The fourth-order valence-electron chi connectivity index (χ4n) is 5.46. The second-order valence-corrected chi connectivity index (χ2v) is 12.9. The smallest absolute Gasteiger partial charge is 0.481 e. The summed E-state index contributed by atoms with van der Waals surface area (Å²) in [7, 11) is 0. The number of anilines is 2. The van der Waals surface area contributed by atoms with E-state index in [1.165, 1.54) is 16.2 Å². The van der Waals surface area contributed by atoms with Crippen LogP contribution in [0.5, 0.6) is 0 Å². The van der Waals surface area contributed by atoms with Gasteiger partial charge in [0.05, 0.1) is 11.1 Å². The van der Waals surface area contributed by atoms with E-state index >= 15 is 0 Å². The van der Waals surface area contributed by atoms with Gasteiger partial charge in [0, 0.05) is 23.4 Å². The van der Waals surface area contributed by atoms with Crippen LogP contribution in [-0.2, 0) is 35.3 Å². The van der Waals surface area contributed by atoms with E-state index in [2.05, 4.69) is 29.8 Å². The van der Waals surface area contributed by atoms with Crippen LogP contribution in [0.25, 0.3) is 0 Å². The normalized spacial score (nSPS) is 11.5. The van der Waals surface area contributed by atoms with Crippen molar-refractivity contribution in [2.75, 3.05) is 17.2 Å². The Morgan fingerprint density at radius 1 is 0.765 bits per heavy atom. The Labute approximate surface area is 324 Å². The van der Waals surface area contributed by atoms with Gasteiger partial charge in [-0.15, -0.1) is 23.9 Å². The molecule has 0 radical (unpaired) electrons. The standard InChI is InChI=1S/C32H29N2O4S.C7H12NO3.Na/c1-20-5-4-6-24(19-20)29(35)34-31-28(26-7-2-3-8-27(26)39-31)30(36)33-25-17-13-22(14-18-25)10-9-21-11-15-23(16-12-21)32(37)38;1-2-8-6(9)4-3-5-7(10)11;/h4-6,11-19H,1-3,7-10H2,(H,33,36)(H,34,35)(H,37,38);1-5H2,(H,8,9)(H,10,11);/q2*-1;+1. The molecule has 1 heterocycles. The zero-order valence-corrected chi connectivity index (χ0v) is 31.6. The van der Waals surface area contributed by atoms with Gasteiger partial charge >= 0.3 is 41.5 Å². The summed E-state index contributed by atoms with van der Waals surface area (Å²) in [6.07, 6.45) is 6.12. The Hall–Kier alpha value is -4.42. The molecular formula is C39H41N3NaO7S-. The summed E-state index contributed by atoms with van der Waals surface area (Å²) >= 11 is 1.50. The van der Waals surface area contributed by atoms with Crippen molar-refractivity contribution >= 4 is 51.7 Å². The minimum Gasteiger partial charge on any atom is -0.481 e. The van der Waals surface area contributed by atoms with Gasteiger partial charge in [0.25, 0.3) is 5.91 Å². The van der Waals surface area contributed by atoms with E-state index in [1.54, 1.807) is 30.3 Å². The molecule has 5 rings (SSSR count). The molecule has 262 valence electrons. The number of fused-ring (bicyclic) bond motifs is 1. The summed E-state index contributed by atoms with van der Waals surface area (Å²) in [6.45, 7) is 7.67. The molecule has 1 aromatic heterocycles. The monoisotopic (exact) mass is 718 g/mol. The number of nitrogens with one attached hydrogen (secondary N) is 3. The molecule has 3 amide bonds. The van der Waals surface area contributed by atoms with Gasteiger partial charge in [-0.05, 0) is 91.5 Å². The van der Waals surface area contributed by atoms with Gasteiger partial charge in [-0.1, -0.05) is 30.3 Å². The van der Waals surface area contributed by atoms with Crippen molar-refractivity contribution in [3.05, 3.63) is 130 Å². The Morgan fingerprint density at radius 3 is 2.02 bits per heavy atom. The first kappa shape index (κ1) is 41.0. The maximum atomic E-state index is 13.5. The Bertz CT molecular complexity index is 1820. The third-order valence-corrected chi connectivity index (χ3v) is 9.25. The van der Waals surface area contributed by atoms with Crippen LogP contribution in [-0.4, -0.2) is 46.4 Å². The van der Waals surface area contributed by atoms with Gasteiger partial charge in [-0.2, -0.15) is 24.6 Å². The van der Waals surface area contributed by atoms with Crippen molar-refractivity contribution in [3.63, 3.8) is 0 Å². The minimum absolute atomic E-state index is 0. The van der Waals surface area contributed by atoms with Crippen molar-refractivity contribution in [3.8, 4) is 0 Å². The van der Waals surface area contributed by atoms with Crippen LogP contribution in [0.15, 0.2) is 72.8 Å². The first-order chi connectivity index (χ1) is 24.0. The third kappa shape index (κ3) is 12.7. The molecule has 12 heteroatoms. The van der Waals surface area contributed by atoms with E-state index in [9.17, 15) is 24.0 Å². The number of aryl methyl sites for hydroxylation is 3. The second kappa shape index (κ2) is 20.4. The molecule has 1 aliphatic rings. The Kier molecular flexibility index (Phi) is 16.4. The van der Waals surface area contributed by atoms with Crippen LogP contribution in [0.1, 0.15) is 90.3 Å². The number of benzene rings is 3. The molecule has 3 aromatic carbocycles. The van der Waals surface area contributed by atoms with Gasteiger partial charge in [0.1, 0.15) is 5.00 Å². The molecule has 5 N–H and O–H groups in total. The topological polar surface area (TPSA) is 162 Å². The quantitative estimate of drug-likeness (QED) is 0.103. The predicted octanol–water partition coefficient (Wildman–Crippen LogP) is 3.99. The number of carboxylic acids is 2. The van der Waals surface area contributed by atoms with E-state index in [-0.39, 0.29) is 65.7 Å². The molecule has 0 bridgehead atoms. The molecule has 0 aliphatic heterocycles. The Balaban J connectivity index is 0.000000508. The van der Waals surface area contributed by atoms with Crippen LogP contribution < -0.4 is 45.5 Å². The van der Waals surface area contributed by atoms with Crippen molar-refractivity contribution < 1.29 is 63.7 Å². The fraction of sp³-hybridized carbons (Fsp3) is 0.256. The molecule has 0 spiro atoms. The average molecular weight is 719 g/mol. The molecule has 0 saturated heterocycles. The van der Waals surface area contributed by atoms with E-state index in [0.29, 0.717) is 34.8 Å². The number of rotatable bonds is 13. The summed E-state index contributed by atoms with van der Waals surface area (Å²) in [4.78, 5) is 59.3. The minimum atomic E-state index is -0.930. The fourth-order valence-corrected chi connectivity index (χ4v) is 6.74. The van der Waals surface area contributed by atoms with Crippen molar-refractivity contribution in [2.45, 2.75) is 57.8 Å². The largest absolute Gasteiger partial charge is 1.00 e. The molecule has 10 nitrogen and oxygen atoms in total. The van der Waals surface area contributed by atoms with E-state index in [0.717, 1.165) is 60.8 Å². The predicted molar refractivity (Wildman–Crippen MR) is 195 cm³/mol. The average Bonchev–Trinajstić information content (AvgIpc) is 3.46. The Morgan fingerprint density at radius 2 is 1.41 bits per heavy atom. The number of hydrogen-bond donors (Lipinski definition) is 5. The van der Waals surface area contributed by atoms with Crippen LogP contribution >= 0.6 is 11.3 Å². The molecule has 1 aliphatic carbocycles. The number of carbonyl (C=O) groups is 5. The van der Waals surface area contributed by atoms with Gasteiger partial charge in [-0.3, -0.25) is 19.2 Å². The van der Waals surface area contributed by atoms with Crippen molar-refractivity contribution in [1.82, 2.24) is 5.32 Å². The number of amides is 3. The maximum Gasteiger partial charge on any atom is 1.00 e. The number of carboxylic acid groups (broad SMARTS) is 2. The van der Waals surface area contributed by atoms with Gasteiger partial charge < -0.3 is 33.1 Å². The van der Waals surface area contributed by atoms with Crippen molar-refractivity contribution in [1.29, 1.82) is 0 Å². The van der Waals surface area contributed by atoms with Crippen LogP contribution in [0.4, 0.5) is 10.7 Å². The van der Waals surface area contributed by atoms with Gasteiger partial charge in [0.2, 0.25) is 11.8 Å². The van der Waals surface area contributed by atoms with Crippen molar-refractivity contribution in [2.24, 2.45) is 0 Å². The van der Waals surface area contributed by atoms with Gasteiger partial charge in [0.15, 0.2) is 0 Å². The number of hydrogen-bond acceptors (Lipinski definition) is 6. The molecule has 4 aromatic rings. The van der Waals surface area contributed by atoms with E-state index in [1.807, 2.05) is 42.5 Å². The summed E-state index contributed by atoms with van der Waals surface area (Å²) in [5.74, 6) is -2.41. The number of aromatic carboxylic acids is 1. The van der Waals surface area contributed by atoms with E-state index < -0.39 is 11.9 Å². The van der Waals surface area contributed by atoms with Gasteiger partial charge in [-0.25, -0.2) is 4.79 Å². The summed E-state index contributed by atoms with van der Waals surface area (Å²) in [5.41, 5.74) is 6.01. The first-order valence-electron chi connectivity index (χ1n) is 16.4. The summed E-state index contributed by atoms with van der Waals surface area (Å²) in [5, 5.41) is 26.3. The van der Waals surface area contributed by atoms with Crippen LogP contribution in [0.3, 0.4) is 0 Å². The molecular weight excluding hydrogens is 678 g/mol. The molecule has 0 fully saturated rings.